The first-order valence-corrected chi connectivity index (χ1v) is 6.02. The summed E-state index contributed by atoms with van der Waals surface area (Å²) in [5.74, 6) is -5.16. The van der Waals surface area contributed by atoms with Gasteiger partial charge >= 0.3 is 12.5 Å². The molecule has 0 rings (SSSR count). The molecule has 0 atom stereocenters. The van der Waals surface area contributed by atoms with Gasteiger partial charge in [-0.15, -0.1) is 22.2 Å². The van der Waals surface area contributed by atoms with Gasteiger partial charge in [0.05, 0.1) is 0 Å². The normalized spacial score (nSPS) is 14.4. The Morgan fingerprint density at radius 2 is 1.40 bits per heavy atom. The quantitative estimate of drug-likeness (QED) is 0.361. The van der Waals surface area contributed by atoms with Crippen molar-refractivity contribution in [2.75, 3.05) is 0 Å². The van der Waals surface area contributed by atoms with E-state index in [1.807, 2.05) is 0 Å². The lowest BCUT2D eigenvalue weighted by molar-refractivity contribution is -0.0574. The molecule has 0 aromatic heterocycles. The fourth-order valence-electron chi connectivity index (χ4n) is 0.124. The zero-order chi connectivity index (χ0) is 8.58. The molecule has 0 aromatic rings. The maximum Gasteiger partial charge on any atom is 0.439 e. The van der Waals surface area contributed by atoms with Gasteiger partial charge in [-0.3, -0.25) is 0 Å². The van der Waals surface area contributed by atoms with Crippen molar-refractivity contribution in [2.24, 2.45) is 0 Å². The Labute approximate surface area is 63.3 Å². The lowest BCUT2D eigenvalue weighted by atomic mass is 11.5. The molecule has 0 fully saturated rings. The van der Waals surface area contributed by atoms with Gasteiger partial charge in [0.2, 0.25) is 0 Å². The van der Waals surface area contributed by atoms with Crippen molar-refractivity contribution >= 4 is 28.9 Å². The lowest BCUT2D eigenvalue weighted by Crippen LogP contribution is -2.47. The molecule has 0 N–H and O–H groups in total. The molecule has 0 nitrogen and oxygen atoms in total. The zero-order valence-electron chi connectivity index (χ0n) is 4.22. The molecule has 0 saturated heterocycles. The minimum absolute atomic E-state index is 3.70. The van der Waals surface area contributed by atoms with Gasteiger partial charge in [0.15, 0.2) is 0 Å². The van der Waals surface area contributed by atoms with Crippen LogP contribution in [0.25, 0.3) is 0 Å². The minimum Gasteiger partial charge on any atom is -0.212 e. The first kappa shape index (κ1) is 10.4. The summed E-state index contributed by atoms with van der Waals surface area (Å²) < 4.78 is 57.0. The van der Waals surface area contributed by atoms with Crippen molar-refractivity contribution < 1.29 is 22.0 Å². The van der Waals surface area contributed by atoms with Crippen LogP contribution < -0.4 is 0 Å². The maximum absolute atomic E-state index is 11.4. The van der Waals surface area contributed by atoms with Crippen molar-refractivity contribution in [2.45, 2.75) is 11.8 Å². The third kappa shape index (κ3) is 1.96. The van der Waals surface area contributed by atoms with Gasteiger partial charge in [-0.1, -0.05) is 0 Å². The molecule has 8 heteroatoms. The predicted molar refractivity (Wildman–Crippen MR) is 29.5 cm³/mol. The molecular weight excluding hydrogens is 218 g/mol. The molecule has 0 heterocycles. The van der Waals surface area contributed by atoms with Gasteiger partial charge in [0.25, 0.3) is 6.05 Å². The Morgan fingerprint density at radius 3 is 1.40 bits per heavy atom. The molecule has 0 unspecified atom stereocenters. The fraction of sp³-hybridized carbons (Fsp3) is 1.00. The van der Waals surface area contributed by atoms with E-state index in [9.17, 15) is 22.0 Å². The minimum atomic E-state index is -5.37. The zero-order valence-corrected chi connectivity index (χ0v) is 6.73. The van der Waals surface area contributed by atoms with Crippen LogP contribution in [0, 0.1) is 0 Å². The molecular formula is C2HCl2F5Si. The lowest BCUT2D eigenvalue weighted by Gasteiger charge is -2.17. The van der Waals surface area contributed by atoms with Crippen LogP contribution >= 0.6 is 22.2 Å². The molecule has 0 saturated carbocycles. The molecule has 0 bridgehead atoms. The highest BCUT2D eigenvalue weighted by Crippen LogP contribution is 2.39. The van der Waals surface area contributed by atoms with Crippen molar-refractivity contribution in [1.29, 1.82) is 0 Å². The van der Waals surface area contributed by atoms with Crippen LogP contribution in [0.15, 0.2) is 0 Å². The number of rotatable bonds is 1. The predicted octanol–water partition coefficient (Wildman–Crippen LogP) is 2.81. The van der Waals surface area contributed by atoms with Gasteiger partial charge in [0.1, 0.15) is 0 Å². The summed E-state index contributed by atoms with van der Waals surface area (Å²) in [4.78, 5) is 0. The van der Waals surface area contributed by atoms with Gasteiger partial charge in [-0.05, 0) is 0 Å². The average molecular weight is 219 g/mol. The highest BCUT2D eigenvalue weighted by atomic mass is 35.7. The fourth-order valence-corrected chi connectivity index (χ4v) is 0.371. The van der Waals surface area contributed by atoms with Crippen LogP contribution in [0.1, 0.15) is 0 Å². The van der Waals surface area contributed by atoms with E-state index in [1.54, 1.807) is 0 Å². The summed E-state index contributed by atoms with van der Waals surface area (Å²) in [5, 5.41) is 0. The number of halogens is 7. The van der Waals surface area contributed by atoms with Crippen molar-refractivity contribution in [1.82, 2.24) is 0 Å². The summed E-state index contributed by atoms with van der Waals surface area (Å²) >= 11 is 8.75. The van der Waals surface area contributed by atoms with E-state index in [2.05, 4.69) is 22.2 Å². The molecule has 0 spiro atoms. The Kier molecular flexibility index (Phi) is 2.95. The van der Waals surface area contributed by atoms with E-state index in [-0.39, 0.29) is 0 Å². The molecule has 0 aromatic carbocycles. The van der Waals surface area contributed by atoms with Crippen molar-refractivity contribution in [3.63, 3.8) is 0 Å². The summed E-state index contributed by atoms with van der Waals surface area (Å²) in [5.41, 5.74) is 0. The largest absolute Gasteiger partial charge is 0.439 e. The van der Waals surface area contributed by atoms with Crippen LogP contribution in [0.3, 0.4) is 0 Å². The van der Waals surface area contributed by atoms with Gasteiger partial charge in [-0.25, -0.2) is 8.78 Å². The third-order valence-corrected chi connectivity index (χ3v) is 4.23. The van der Waals surface area contributed by atoms with Crippen LogP contribution in [0.5, 0.6) is 0 Å². The van der Waals surface area contributed by atoms with Crippen molar-refractivity contribution in [3.05, 3.63) is 0 Å². The van der Waals surface area contributed by atoms with E-state index >= 15 is 0 Å². The molecule has 0 amide bonds. The van der Waals surface area contributed by atoms with Crippen LogP contribution in [-0.2, 0) is 0 Å². The SMILES string of the molecule is FC(F)[Si](Cl)(Cl)C(F)(F)F. The Morgan fingerprint density at radius 1 is 1.10 bits per heavy atom. The van der Waals surface area contributed by atoms with Gasteiger partial charge < -0.3 is 0 Å². The van der Waals surface area contributed by atoms with E-state index < -0.39 is 18.5 Å². The van der Waals surface area contributed by atoms with Crippen molar-refractivity contribution in [3.8, 4) is 0 Å². The standard InChI is InChI=1S/C2HCl2F5Si/c3-10(4,1(5)6)2(7,8)9/h1H. The van der Waals surface area contributed by atoms with Crippen LogP contribution in [0.4, 0.5) is 22.0 Å². The Balaban J connectivity index is 4.40. The summed E-state index contributed by atoms with van der Waals surface area (Å²) in [6, 6.07) is -3.70. The highest BCUT2D eigenvalue weighted by molar-refractivity contribution is 7.46. The van der Waals surface area contributed by atoms with E-state index in [1.165, 1.54) is 0 Å². The Hall–Kier alpha value is 0.447. The van der Waals surface area contributed by atoms with E-state index in [0.29, 0.717) is 0 Å². The molecule has 0 aliphatic carbocycles. The molecule has 0 radical (unpaired) electrons. The Bertz CT molecular complexity index is 119. The van der Waals surface area contributed by atoms with Gasteiger partial charge in [-0.2, -0.15) is 13.2 Å². The second kappa shape index (κ2) is 2.82. The molecule has 62 valence electrons. The monoisotopic (exact) mass is 218 g/mol. The van der Waals surface area contributed by atoms with Crippen LogP contribution in [0.2, 0.25) is 0 Å². The van der Waals surface area contributed by atoms with E-state index in [0.717, 1.165) is 0 Å². The first-order chi connectivity index (χ1) is 4.19. The highest BCUT2D eigenvalue weighted by Gasteiger charge is 2.63. The third-order valence-electron chi connectivity index (χ3n) is 0.652. The maximum atomic E-state index is 11.4. The number of alkyl halides is 5. The summed E-state index contributed by atoms with van der Waals surface area (Å²) in [6.07, 6.45) is 0. The number of hydrogen-bond acceptors (Lipinski definition) is 0. The summed E-state index contributed by atoms with van der Waals surface area (Å²) in [7, 11) is 0. The smallest absolute Gasteiger partial charge is 0.212 e. The second-order valence-electron chi connectivity index (χ2n) is 1.42. The second-order valence-corrected chi connectivity index (χ2v) is 7.83. The van der Waals surface area contributed by atoms with E-state index in [4.69, 9.17) is 0 Å². The molecule has 10 heavy (non-hydrogen) atoms. The average Bonchev–Trinajstić information content (AvgIpc) is 1.62. The van der Waals surface area contributed by atoms with Crippen LogP contribution in [-0.4, -0.2) is 18.5 Å². The molecule has 0 aliphatic rings. The topological polar surface area (TPSA) is 0 Å². The first-order valence-electron chi connectivity index (χ1n) is 1.92. The van der Waals surface area contributed by atoms with Gasteiger partial charge in [0, 0.05) is 0 Å². The number of hydrogen-bond donors (Lipinski definition) is 0. The molecule has 0 aliphatic heterocycles. The summed E-state index contributed by atoms with van der Waals surface area (Å²) in [6.45, 7) is -5.37.